The first kappa shape index (κ1) is 52.5. The summed E-state index contributed by atoms with van der Waals surface area (Å²) in [6, 6.07) is 12.0. The SMILES string of the molecule is [2H]c1c([2H])c([2H])c(-c2ccc3c(c2)N(c2c(-c4ccc(C(C)(C)C)cc4)cc(C(C)(C)C)cc2-c2cc(C(C)(C)C)cc(C(C)(C)C)c2)c2cc(-n4c5c([2H])c([2H])c([2H])c([2H])c5c5c([2H])c([2H])c([2H])c([2H])c54)cc4c2B3c2ccc(-n3c5c([2H])c([2H])c([2H])c([2H])c5c5c([2H])c([2H])c([2H])c([2H])c53)cc2N4c2c(-c3c([2H])c([2H])c(C(C)(C)C)c([2H])c3[2H])c([2H])c(C(C)(C)C)c([2H])c2-c2c([2H])c(C(C)(C)C)c([2H])c([2H])c2C(C)(C)C)c([2H])c1[2H]. The molecule has 4 heterocycles. The van der Waals surface area contributed by atoms with Gasteiger partial charge in [-0.05, 0) is 216 Å². The maximum Gasteiger partial charge on any atom is 0.252 e. The van der Waals surface area contributed by atoms with E-state index in [0.717, 1.165) is 22.3 Å². The van der Waals surface area contributed by atoms with Gasteiger partial charge >= 0.3 is 0 Å². The van der Waals surface area contributed by atoms with E-state index in [1.54, 1.807) is 137 Å². The van der Waals surface area contributed by atoms with Crippen molar-refractivity contribution in [1.29, 1.82) is 0 Å². The molecule has 606 valence electrons. The largest absolute Gasteiger partial charge is 0.310 e. The van der Waals surface area contributed by atoms with Crippen molar-refractivity contribution in [2.24, 2.45) is 0 Å². The molecule has 0 aliphatic carbocycles. The van der Waals surface area contributed by atoms with Gasteiger partial charge in [0, 0.05) is 72.2 Å². The van der Waals surface area contributed by atoms with Crippen LogP contribution in [0.15, 0.2) is 284 Å². The molecule has 0 fully saturated rings. The monoisotopic (exact) mass is 1610 g/mol. The van der Waals surface area contributed by atoms with Crippen LogP contribution in [-0.4, -0.2) is 15.8 Å². The Morgan fingerprint density at radius 2 is 0.628 bits per heavy atom. The molecule has 0 amide bonds. The quantitative estimate of drug-likeness (QED) is 0.134. The van der Waals surface area contributed by atoms with E-state index in [-0.39, 0.29) is 128 Å². The second-order valence-electron chi connectivity index (χ2n) is 40.9. The second kappa shape index (κ2) is 28.5. The number of para-hydroxylation sites is 4. The molecular formula is C116H119BN4. The predicted octanol–water partition coefficient (Wildman–Crippen LogP) is 30.7. The Morgan fingerprint density at radius 1 is 0.240 bits per heavy atom. The van der Waals surface area contributed by atoms with Crippen LogP contribution in [0.3, 0.4) is 0 Å². The van der Waals surface area contributed by atoms with Crippen molar-refractivity contribution in [3.8, 4) is 67.0 Å². The minimum absolute atomic E-state index is 0.00444. The van der Waals surface area contributed by atoms with Gasteiger partial charge in [0.1, 0.15) is 0 Å². The number of fused-ring (bicyclic) bond motifs is 10. The Kier molecular flexibility index (Phi) is 12.4. The van der Waals surface area contributed by atoms with Crippen LogP contribution in [0.2, 0.25) is 0 Å². The van der Waals surface area contributed by atoms with Gasteiger partial charge in [-0.2, -0.15) is 0 Å². The number of rotatable bonds is 9. The fraction of sp³-hybridized carbons (Fsp3) is 0.276. The van der Waals surface area contributed by atoms with E-state index in [4.69, 9.17) is 1.37 Å². The highest BCUT2D eigenvalue weighted by Gasteiger charge is 2.47. The molecule has 2 aliphatic heterocycles. The molecule has 5 heteroatoms. The highest BCUT2D eigenvalue weighted by atomic mass is 15.2. The molecule has 0 saturated heterocycles. The molecule has 0 saturated carbocycles. The third-order valence-electron chi connectivity index (χ3n) is 23.8. The number of hydrogen-bond acceptors (Lipinski definition) is 2. The lowest BCUT2D eigenvalue weighted by Gasteiger charge is -2.46. The molecule has 2 aliphatic rings. The van der Waals surface area contributed by atoms with Gasteiger partial charge in [0.25, 0.3) is 6.71 Å². The zero-order valence-electron chi connectivity index (χ0n) is 104. The molecule has 0 spiro atoms. The van der Waals surface area contributed by atoms with E-state index >= 15 is 0 Å². The van der Waals surface area contributed by atoms with Crippen molar-refractivity contribution in [3.05, 3.63) is 329 Å². The molecule has 0 unspecified atom stereocenters. The predicted molar refractivity (Wildman–Crippen MR) is 526 cm³/mol. The van der Waals surface area contributed by atoms with E-state index in [1.165, 1.54) is 9.13 Å². The number of anilines is 6. The third-order valence-corrected chi connectivity index (χ3v) is 23.8. The Bertz CT molecular complexity index is 8510. The molecule has 14 aromatic carbocycles. The molecule has 0 atom stereocenters. The number of nitrogens with zero attached hydrogens (tertiary/aromatic N) is 4. The Morgan fingerprint density at radius 3 is 1.11 bits per heavy atom. The lowest BCUT2D eigenvalue weighted by Crippen LogP contribution is -2.61. The molecule has 121 heavy (non-hydrogen) atoms. The van der Waals surface area contributed by atoms with Gasteiger partial charge in [-0.1, -0.05) is 372 Å². The van der Waals surface area contributed by atoms with Crippen LogP contribution in [0.25, 0.3) is 111 Å². The standard InChI is InChI=1S/C116H119BN4/c1-109(2,3)77-51-46-73(47-52-77)90-65-82(114(16,17)18)67-92(76-60-80(112(10,11)12)63-81(61-76)113(13,14)15)107(90)120-102-62-75(72-36-26-25-27-37-72)50-58-96(102)117-97-59-56-84(118-98-42-32-28-38-86(98)87-39-29-33-43-99(87)118)69-103(97)121(105-71-85(70-104(120)106(105)117)119-100-44-34-30-40-88(100)89-41-31-35-45-101(89)119)108-91(74-48-53-78(54-49-74)110(4,5)6)66-83(115(19,20)21)68-94(108)93-64-79(111(7,8)9)55-57-95(93)116(22,23)24/h25-71H,1-24H3/i25D,26D,27D,28D,29D,30D,31D,32D,33D,34D,35D,36D,37D,38D,39D,40D,41D,42D,43D,44D,45D,48D,49D,53D,54D,55D,57D,64D,66D,68D. The van der Waals surface area contributed by atoms with Gasteiger partial charge in [0.15, 0.2) is 0 Å². The summed E-state index contributed by atoms with van der Waals surface area (Å²) in [6.45, 7) is 44.9. The first-order chi connectivity index (χ1) is 69.6. The maximum atomic E-state index is 11.9. The summed E-state index contributed by atoms with van der Waals surface area (Å²) in [7, 11) is 0. The molecule has 0 N–H and O–H groups in total. The van der Waals surface area contributed by atoms with Crippen molar-refractivity contribution in [1.82, 2.24) is 9.13 Å². The van der Waals surface area contributed by atoms with Crippen molar-refractivity contribution in [2.75, 3.05) is 9.80 Å². The average molecular weight is 1610 g/mol. The number of benzene rings is 14. The summed E-state index contributed by atoms with van der Waals surface area (Å²) in [5.41, 5.74) is -4.53. The first-order valence-electron chi connectivity index (χ1n) is 56.6. The van der Waals surface area contributed by atoms with Crippen molar-refractivity contribution in [2.45, 2.75) is 209 Å². The number of hydrogen-bond donors (Lipinski definition) is 0. The Balaban J connectivity index is 1.23. The summed E-state index contributed by atoms with van der Waals surface area (Å²) >= 11 is 0. The molecular weight excluding hydrogens is 1460 g/mol. The van der Waals surface area contributed by atoms with Crippen molar-refractivity contribution >= 4 is 101 Å². The molecule has 4 nitrogen and oxygen atoms in total. The molecule has 18 rings (SSSR count). The van der Waals surface area contributed by atoms with Crippen LogP contribution in [0.5, 0.6) is 0 Å². The van der Waals surface area contributed by atoms with E-state index in [2.05, 4.69) is 113 Å². The van der Waals surface area contributed by atoms with Crippen LogP contribution >= 0.6 is 0 Å². The summed E-state index contributed by atoms with van der Waals surface area (Å²) in [5.74, 6) is 0. The maximum absolute atomic E-state index is 11.9. The van der Waals surface area contributed by atoms with Crippen LogP contribution in [-0.2, 0) is 43.3 Å². The van der Waals surface area contributed by atoms with Gasteiger partial charge in [-0.15, -0.1) is 0 Å². The first-order valence-corrected chi connectivity index (χ1v) is 41.6. The fourth-order valence-corrected chi connectivity index (χ4v) is 17.0. The Hall–Kier alpha value is -11.7. The molecule has 16 aromatic rings. The van der Waals surface area contributed by atoms with Crippen LogP contribution in [0.1, 0.15) is 252 Å². The molecule has 0 bridgehead atoms. The zero-order chi connectivity index (χ0) is 112. The van der Waals surface area contributed by atoms with E-state index in [1.807, 2.05) is 29.2 Å². The highest BCUT2D eigenvalue weighted by molar-refractivity contribution is 7.00. The van der Waals surface area contributed by atoms with Gasteiger partial charge < -0.3 is 18.9 Å². The summed E-state index contributed by atoms with van der Waals surface area (Å²) in [5, 5.41) is -1.41. The van der Waals surface area contributed by atoms with Gasteiger partial charge in [0.05, 0.1) is 80.3 Å². The van der Waals surface area contributed by atoms with Crippen LogP contribution < -0.4 is 26.2 Å². The fourth-order valence-electron chi connectivity index (χ4n) is 17.0. The lowest BCUT2D eigenvalue weighted by atomic mass is 9.33. The second-order valence-corrected chi connectivity index (χ2v) is 40.9. The van der Waals surface area contributed by atoms with Crippen molar-refractivity contribution in [3.63, 3.8) is 0 Å². The van der Waals surface area contributed by atoms with Gasteiger partial charge in [-0.3, -0.25) is 0 Å². The van der Waals surface area contributed by atoms with E-state index in [0.29, 0.717) is 33.4 Å². The number of aromatic nitrogens is 2. The summed E-state index contributed by atoms with van der Waals surface area (Å²) in [6.07, 6.45) is 0. The van der Waals surface area contributed by atoms with Crippen molar-refractivity contribution < 1.29 is 41.1 Å². The van der Waals surface area contributed by atoms with Gasteiger partial charge in [0.2, 0.25) is 0 Å². The third kappa shape index (κ3) is 14.0. The minimum atomic E-state index is -1.41. The Labute approximate surface area is 763 Å². The molecule has 2 aromatic heterocycles. The van der Waals surface area contributed by atoms with E-state index < -0.39 is 253 Å². The van der Waals surface area contributed by atoms with Gasteiger partial charge in [-0.25, -0.2) is 0 Å². The van der Waals surface area contributed by atoms with Crippen LogP contribution in [0.4, 0.5) is 34.1 Å². The summed E-state index contributed by atoms with van der Waals surface area (Å²) in [4.78, 5) is 3.59. The van der Waals surface area contributed by atoms with Crippen LogP contribution in [0, 0.1) is 0 Å². The lowest BCUT2D eigenvalue weighted by molar-refractivity contribution is 0.569. The topological polar surface area (TPSA) is 16.3 Å². The average Bonchev–Trinajstić information content (AvgIpc) is 1.45. The molecule has 0 radical (unpaired) electrons. The smallest absolute Gasteiger partial charge is 0.252 e. The zero-order valence-corrected chi connectivity index (χ0v) is 73.7. The summed E-state index contributed by atoms with van der Waals surface area (Å²) < 4.78 is 308. The minimum Gasteiger partial charge on any atom is -0.310 e. The van der Waals surface area contributed by atoms with E-state index in [9.17, 15) is 39.8 Å². The normalized spacial score (nSPS) is 17.0. The highest BCUT2D eigenvalue weighted by Crippen LogP contribution is 2.58.